The largest absolute Gasteiger partial charge is 0.493 e. The fraction of sp³-hybridized carbons (Fsp3) is 0.400. The molecular weight excluding hydrogens is 318 g/mol. The van der Waals surface area contributed by atoms with Gasteiger partial charge in [0, 0.05) is 26.2 Å². The summed E-state index contributed by atoms with van der Waals surface area (Å²) in [7, 11) is 1.64. The summed E-state index contributed by atoms with van der Waals surface area (Å²) in [6.07, 6.45) is 0. The molecule has 1 heterocycles. The lowest BCUT2D eigenvalue weighted by Crippen LogP contribution is -2.29. The Hall–Kier alpha value is -2.24. The lowest BCUT2D eigenvalue weighted by atomic mass is 10.1. The molecule has 1 atom stereocenters. The molecule has 1 N–H and O–H groups in total. The molecule has 5 heteroatoms. The normalized spacial score (nSPS) is 13.9. The smallest absolute Gasteiger partial charge is 0.231 e. The zero-order valence-corrected chi connectivity index (χ0v) is 14.8. The molecule has 25 heavy (non-hydrogen) atoms. The van der Waals surface area contributed by atoms with Crippen LogP contribution in [0, 0.1) is 5.92 Å². The maximum Gasteiger partial charge on any atom is 0.231 e. The molecule has 2 aromatic carbocycles. The first kappa shape index (κ1) is 17.6. The SMILES string of the molecule is COc1cc(CN(Cc2ccccc2)C[C@@H](C)CO)cc2c1OCO2. The Morgan fingerprint density at radius 1 is 1.12 bits per heavy atom. The number of rotatable bonds is 8. The molecule has 0 radical (unpaired) electrons. The first-order valence-corrected chi connectivity index (χ1v) is 8.53. The molecule has 2 aromatic rings. The highest BCUT2D eigenvalue weighted by molar-refractivity contribution is 5.55. The van der Waals surface area contributed by atoms with Gasteiger partial charge in [-0.15, -0.1) is 0 Å². The number of hydrogen-bond acceptors (Lipinski definition) is 5. The van der Waals surface area contributed by atoms with E-state index in [1.165, 1.54) is 5.56 Å². The third kappa shape index (κ3) is 4.44. The molecule has 0 saturated heterocycles. The van der Waals surface area contributed by atoms with Gasteiger partial charge < -0.3 is 19.3 Å². The van der Waals surface area contributed by atoms with E-state index < -0.39 is 0 Å². The van der Waals surface area contributed by atoms with Gasteiger partial charge in [0.05, 0.1) is 7.11 Å². The molecule has 0 bridgehead atoms. The van der Waals surface area contributed by atoms with E-state index in [9.17, 15) is 5.11 Å². The second-order valence-electron chi connectivity index (χ2n) is 6.47. The Kier molecular flexibility index (Phi) is 5.79. The van der Waals surface area contributed by atoms with Crippen molar-refractivity contribution in [3.63, 3.8) is 0 Å². The van der Waals surface area contributed by atoms with Gasteiger partial charge in [0.25, 0.3) is 0 Å². The minimum Gasteiger partial charge on any atom is -0.493 e. The fourth-order valence-electron chi connectivity index (χ4n) is 3.06. The Bertz CT molecular complexity index is 690. The number of methoxy groups -OCH3 is 1. The van der Waals surface area contributed by atoms with E-state index in [4.69, 9.17) is 14.2 Å². The molecule has 0 aliphatic carbocycles. The van der Waals surface area contributed by atoms with Crippen LogP contribution in [0.3, 0.4) is 0 Å². The number of hydrogen-bond donors (Lipinski definition) is 1. The number of benzene rings is 2. The van der Waals surface area contributed by atoms with Crippen LogP contribution in [0.25, 0.3) is 0 Å². The summed E-state index contributed by atoms with van der Waals surface area (Å²) in [5.74, 6) is 2.30. The van der Waals surface area contributed by atoms with E-state index in [1.807, 2.05) is 30.3 Å². The van der Waals surface area contributed by atoms with Crippen molar-refractivity contribution in [2.75, 3.05) is 27.1 Å². The molecular formula is C20H25NO4. The van der Waals surface area contributed by atoms with E-state index in [0.717, 1.165) is 30.9 Å². The zero-order chi connectivity index (χ0) is 17.6. The number of aliphatic hydroxyl groups is 1. The molecule has 3 rings (SSSR count). The number of ether oxygens (including phenoxy) is 3. The van der Waals surface area contributed by atoms with Crippen molar-refractivity contribution < 1.29 is 19.3 Å². The van der Waals surface area contributed by atoms with Crippen molar-refractivity contribution in [1.82, 2.24) is 4.90 Å². The molecule has 0 saturated carbocycles. The van der Waals surface area contributed by atoms with Gasteiger partial charge >= 0.3 is 0 Å². The molecule has 0 fully saturated rings. The third-order valence-corrected chi connectivity index (χ3v) is 4.25. The fourth-order valence-corrected chi connectivity index (χ4v) is 3.06. The van der Waals surface area contributed by atoms with Gasteiger partial charge in [0.2, 0.25) is 12.5 Å². The highest BCUT2D eigenvalue weighted by Crippen LogP contribution is 2.42. The average Bonchev–Trinajstić information content (AvgIpc) is 3.10. The predicted molar refractivity (Wildman–Crippen MR) is 95.9 cm³/mol. The molecule has 5 nitrogen and oxygen atoms in total. The van der Waals surface area contributed by atoms with Crippen LogP contribution in [0.2, 0.25) is 0 Å². The summed E-state index contributed by atoms with van der Waals surface area (Å²) in [4.78, 5) is 2.33. The number of aliphatic hydroxyl groups excluding tert-OH is 1. The Morgan fingerprint density at radius 3 is 2.60 bits per heavy atom. The average molecular weight is 343 g/mol. The molecule has 1 aliphatic rings. The topological polar surface area (TPSA) is 51.2 Å². The van der Waals surface area contributed by atoms with Crippen LogP contribution < -0.4 is 14.2 Å². The highest BCUT2D eigenvalue weighted by atomic mass is 16.7. The predicted octanol–water partition coefficient (Wildman–Crippen LogP) is 3.05. The van der Waals surface area contributed by atoms with E-state index in [1.54, 1.807) is 7.11 Å². The van der Waals surface area contributed by atoms with Gasteiger partial charge in [-0.3, -0.25) is 4.90 Å². The molecule has 1 aliphatic heterocycles. The minimum atomic E-state index is 0.176. The summed E-state index contributed by atoms with van der Waals surface area (Å²) in [6, 6.07) is 14.4. The Balaban J connectivity index is 1.79. The van der Waals surface area contributed by atoms with E-state index in [-0.39, 0.29) is 19.3 Å². The van der Waals surface area contributed by atoms with Crippen LogP contribution in [0.4, 0.5) is 0 Å². The van der Waals surface area contributed by atoms with Gasteiger partial charge in [-0.05, 0) is 29.2 Å². The van der Waals surface area contributed by atoms with Crippen molar-refractivity contribution in [1.29, 1.82) is 0 Å². The van der Waals surface area contributed by atoms with Gasteiger partial charge in [0.1, 0.15) is 0 Å². The van der Waals surface area contributed by atoms with Gasteiger partial charge in [-0.2, -0.15) is 0 Å². The van der Waals surface area contributed by atoms with Gasteiger partial charge in [-0.1, -0.05) is 37.3 Å². The molecule has 0 aromatic heterocycles. The van der Waals surface area contributed by atoms with Crippen LogP contribution in [-0.2, 0) is 13.1 Å². The first-order valence-electron chi connectivity index (χ1n) is 8.53. The second kappa shape index (κ2) is 8.23. The monoisotopic (exact) mass is 343 g/mol. The summed E-state index contributed by atoms with van der Waals surface area (Å²) >= 11 is 0. The van der Waals surface area contributed by atoms with Crippen LogP contribution in [0.15, 0.2) is 42.5 Å². The Labute approximate surface area is 148 Å². The van der Waals surface area contributed by atoms with Crippen molar-refractivity contribution in [3.8, 4) is 17.2 Å². The first-order chi connectivity index (χ1) is 12.2. The zero-order valence-electron chi connectivity index (χ0n) is 14.8. The van der Waals surface area contributed by atoms with Gasteiger partial charge in [0.15, 0.2) is 11.5 Å². The summed E-state index contributed by atoms with van der Waals surface area (Å²) in [6.45, 7) is 4.83. The summed E-state index contributed by atoms with van der Waals surface area (Å²) < 4.78 is 16.4. The summed E-state index contributed by atoms with van der Waals surface area (Å²) in [5, 5.41) is 9.44. The van der Waals surface area contributed by atoms with Crippen LogP contribution in [0.5, 0.6) is 17.2 Å². The maximum atomic E-state index is 9.44. The van der Waals surface area contributed by atoms with Crippen molar-refractivity contribution in [3.05, 3.63) is 53.6 Å². The van der Waals surface area contributed by atoms with Crippen molar-refractivity contribution >= 4 is 0 Å². The molecule has 0 amide bonds. The number of fused-ring (bicyclic) bond motifs is 1. The second-order valence-corrected chi connectivity index (χ2v) is 6.47. The van der Waals surface area contributed by atoms with E-state index in [0.29, 0.717) is 11.5 Å². The van der Waals surface area contributed by atoms with Gasteiger partial charge in [-0.25, -0.2) is 0 Å². The minimum absolute atomic E-state index is 0.176. The van der Waals surface area contributed by atoms with Crippen LogP contribution in [0.1, 0.15) is 18.1 Å². The highest BCUT2D eigenvalue weighted by Gasteiger charge is 2.21. The quantitative estimate of drug-likeness (QED) is 0.798. The molecule has 134 valence electrons. The maximum absolute atomic E-state index is 9.44. The van der Waals surface area contributed by atoms with Crippen molar-refractivity contribution in [2.24, 2.45) is 5.92 Å². The standard InChI is InChI=1S/C20H25NO4/c1-15(13-22)10-21(11-16-6-4-3-5-7-16)12-17-8-18(23-2)20-19(9-17)24-14-25-20/h3-9,15,22H,10-14H2,1-2H3/t15-/m1/s1. The van der Waals surface area contributed by atoms with Crippen molar-refractivity contribution in [2.45, 2.75) is 20.0 Å². The van der Waals surface area contributed by atoms with Crippen LogP contribution >= 0.6 is 0 Å². The summed E-state index contributed by atoms with van der Waals surface area (Å²) in [5.41, 5.74) is 2.35. The third-order valence-electron chi connectivity index (χ3n) is 4.25. The van der Waals surface area contributed by atoms with Crippen LogP contribution in [-0.4, -0.2) is 37.1 Å². The molecule has 0 spiro atoms. The Morgan fingerprint density at radius 2 is 1.88 bits per heavy atom. The lowest BCUT2D eigenvalue weighted by Gasteiger charge is -2.25. The van der Waals surface area contributed by atoms with E-state index >= 15 is 0 Å². The lowest BCUT2D eigenvalue weighted by molar-refractivity contribution is 0.163. The van der Waals surface area contributed by atoms with E-state index in [2.05, 4.69) is 24.0 Å². The molecule has 0 unspecified atom stereocenters. The number of nitrogens with zero attached hydrogens (tertiary/aromatic N) is 1.